The molecule has 0 aliphatic rings. The normalized spacial score (nSPS) is 10.8. The summed E-state index contributed by atoms with van der Waals surface area (Å²) < 4.78 is 0. The average Bonchev–Trinajstić information content (AvgIpc) is 2.86. The zero-order valence-corrected chi connectivity index (χ0v) is 10.6. The lowest BCUT2D eigenvalue weighted by Crippen LogP contribution is -2.13. The molecule has 0 fully saturated rings. The van der Waals surface area contributed by atoms with Gasteiger partial charge in [-0.25, -0.2) is 9.97 Å². The number of rotatable bonds is 3. The number of hydrogen-bond acceptors (Lipinski definition) is 5. The molecule has 0 aliphatic carbocycles. The van der Waals surface area contributed by atoms with E-state index in [1.165, 1.54) is 11.3 Å². The summed E-state index contributed by atoms with van der Waals surface area (Å²) in [4.78, 5) is 20.0. The van der Waals surface area contributed by atoms with Gasteiger partial charge in [-0.2, -0.15) is 0 Å². The first kappa shape index (κ1) is 11.7. The summed E-state index contributed by atoms with van der Waals surface area (Å²) in [6, 6.07) is 0. The maximum atomic E-state index is 11.8. The Kier molecular flexibility index (Phi) is 3.19. The van der Waals surface area contributed by atoms with Gasteiger partial charge in [-0.1, -0.05) is 13.8 Å². The van der Waals surface area contributed by atoms with Gasteiger partial charge in [-0.3, -0.25) is 15.2 Å². The van der Waals surface area contributed by atoms with E-state index in [-0.39, 0.29) is 17.6 Å². The number of carbonyl (C=O) groups excluding carboxylic acids is 1. The largest absolute Gasteiger partial charge is 0.297 e. The second-order valence-electron chi connectivity index (χ2n) is 3.95. The maximum absolute atomic E-state index is 11.8. The van der Waals surface area contributed by atoms with Crippen LogP contribution in [-0.4, -0.2) is 26.1 Å². The lowest BCUT2D eigenvalue weighted by molar-refractivity contribution is 0.101. The lowest BCUT2D eigenvalue weighted by atomic mass is 10.2. The van der Waals surface area contributed by atoms with Gasteiger partial charge in [0.2, 0.25) is 5.82 Å². The van der Waals surface area contributed by atoms with Crippen LogP contribution in [0.5, 0.6) is 0 Å². The van der Waals surface area contributed by atoms with Crippen LogP contribution in [0.25, 0.3) is 0 Å². The van der Waals surface area contributed by atoms with Crippen LogP contribution in [0, 0.1) is 6.92 Å². The van der Waals surface area contributed by atoms with Crippen molar-refractivity contribution in [2.45, 2.75) is 26.7 Å². The van der Waals surface area contributed by atoms with Crippen LogP contribution >= 0.6 is 11.3 Å². The molecule has 0 saturated carbocycles. The highest BCUT2D eigenvalue weighted by Crippen LogP contribution is 2.15. The van der Waals surface area contributed by atoms with E-state index in [9.17, 15) is 4.79 Å². The van der Waals surface area contributed by atoms with Crippen molar-refractivity contribution in [3.05, 3.63) is 22.7 Å². The molecule has 0 saturated heterocycles. The number of aromatic amines is 1. The Hall–Kier alpha value is -1.76. The monoisotopic (exact) mass is 251 g/mol. The molecule has 2 rings (SSSR count). The molecule has 1 amide bonds. The summed E-state index contributed by atoms with van der Waals surface area (Å²) in [6.07, 6.45) is 0. The Bertz CT molecular complexity index is 530. The molecule has 17 heavy (non-hydrogen) atoms. The molecular formula is C10H13N5OS. The van der Waals surface area contributed by atoms with E-state index in [1.807, 2.05) is 26.2 Å². The number of carbonyl (C=O) groups is 1. The SMILES string of the molecule is Cc1csc(NC(=O)c2n[nH]c(C(C)C)n2)n1. The van der Waals surface area contributed by atoms with Crippen LogP contribution in [0.1, 0.15) is 41.9 Å². The molecule has 90 valence electrons. The second kappa shape index (κ2) is 4.62. The maximum Gasteiger partial charge on any atom is 0.297 e. The van der Waals surface area contributed by atoms with E-state index in [1.54, 1.807) is 0 Å². The van der Waals surface area contributed by atoms with E-state index in [4.69, 9.17) is 0 Å². The van der Waals surface area contributed by atoms with Gasteiger partial charge in [0.15, 0.2) is 5.13 Å². The van der Waals surface area contributed by atoms with Crippen LogP contribution < -0.4 is 5.32 Å². The van der Waals surface area contributed by atoms with Gasteiger partial charge >= 0.3 is 0 Å². The average molecular weight is 251 g/mol. The quantitative estimate of drug-likeness (QED) is 0.873. The predicted molar refractivity (Wildman–Crippen MR) is 65.3 cm³/mol. The van der Waals surface area contributed by atoms with Gasteiger partial charge in [0.1, 0.15) is 5.82 Å². The first-order valence-electron chi connectivity index (χ1n) is 5.22. The van der Waals surface area contributed by atoms with Gasteiger partial charge in [0, 0.05) is 11.3 Å². The highest BCUT2D eigenvalue weighted by atomic mass is 32.1. The van der Waals surface area contributed by atoms with E-state index in [2.05, 4.69) is 25.5 Å². The van der Waals surface area contributed by atoms with Gasteiger partial charge < -0.3 is 0 Å². The minimum absolute atomic E-state index is 0.140. The van der Waals surface area contributed by atoms with Crippen molar-refractivity contribution in [1.82, 2.24) is 20.2 Å². The summed E-state index contributed by atoms with van der Waals surface area (Å²) in [7, 11) is 0. The van der Waals surface area contributed by atoms with Crippen molar-refractivity contribution in [3.8, 4) is 0 Å². The topological polar surface area (TPSA) is 83.6 Å². The molecule has 7 heteroatoms. The van der Waals surface area contributed by atoms with Crippen LogP contribution in [0.2, 0.25) is 0 Å². The molecule has 2 heterocycles. The molecular weight excluding hydrogens is 238 g/mol. The Balaban J connectivity index is 2.09. The minimum atomic E-state index is -0.345. The van der Waals surface area contributed by atoms with Gasteiger partial charge in [-0.05, 0) is 6.92 Å². The molecule has 2 N–H and O–H groups in total. The van der Waals surface area contributed by atoms with Crippen LogP contribution in [-0.2, 0) is 0 Å². The van der Waals surface area contributed by atoms with Crippen molar-refractivity contribution in [3.63, 3.8) is 0 Å². The van der Waals surface area contributed by atoms with Crippen molar-refractivity contribution >= 4 is 22.4 Å². The number of thiazole rings is 1. The highest BCUT2D eigenvalue weighted by Gasteiger charge is 2.15. The molecule has 0 spiro atoms. The van der Waals surface area contributed by atoms with Crippen LogP contribution in [0.3, 0.4) is 0 Å². The Morgan fingerprint density at radius 1 is 1.47 bits per heavy atom. The molecule has 0 unspecified atom stereocenters. The number of hydrogen-bond donors (Lipinski definition) is 2. The third-order valence-electron chi connectivity index (χ3n) is 2.09. The van der Waals surface area contributed by atoms with E-state index in [0.717, 1.165) is 5.69 Å². The first-order chi connectivity index (χ1) is 8.06. The Morgan fingerprint density at radius 3 is 2.76 bits per heavy atom. The summed E-state index contributed by atoms with van der Waals surface area (Å²) in [5.41, 5.74) is 0.878. The summed E-state index contributed by atoms with van der Waals surface area (Å²) in [5, 5.41) is 11.7. The molecule has 2 aromatic rings. The molecule has 6 nitrogen and oxygen atoms in total. The third kappa shape index (κ3) is 2.68. The summed E-state index contributed by atoms with van der Waals surface area (Å²) >= 11 is 1.38. The van der Waals surface area contributed by atoms with Crippen LogP contribution in [0.15, 0.2) is 5.38 Å². The molecule has 0 aliphatic heterocycles. The zero-order chi connectivity index (χ0) is 12.4. The van der Waals surface area contributed by atoms with E-state index in [0.29, 0.717) is 11.0 Å². The fraction of sp³-hybridized carbons (Fsp3) is 0.400. The third-order valence-corrected chi connectivity index (χ3v) is 2.97. The Morgan fingerprint density at radius 2 is 2.24 bits per heavy atom. The minimum Gasteiger partial charge on any atom is -0.295 e. The smallest absolute Gasteiger partial charge is 0.295 e. The van der Waals surface area contributed by atoms with Crippen molar-refractivity contribution in [2.75, 3.05) is 5.32 Å². The number of nitrogens with one attached hydrogen (secondary N) is 2. The predicted octanol–water partition coefficient (Wildman–Crippen LogP) is 1.95. The van der Waals surface area contributed by atoms with E-state index < -0.39 is 0 Å². The summed E-state index contributed by atoms with van der Waals surface area (Å²) in [5.74, 6) is 0.709. The number of aromatic nitrogens is 4. The molecule has 0 radical (unpaired) electrons. The molecule has 0 atom stereocenters. The first-order valence-corrected chi connectivity index (χ1v) is 6.10. The zero-order valence-electron chi connectivity index (χ0n) is 9.81. The lowest BCUT2D eigenvalue weighted by Gasteiger charge is -1.96. The Labute approximate surface area is 103 Å². The summed E-state index contributed by atoms with van der Waals surface area (Å²) in [6.45, 7) is 5.83. The van der Waals surface area contributed by atoms with Gasteiger partial charge in [0.05, 0.1) is 5.69 Å². The van der Waals surface area contributed by atoms with Crippen molar-refractivity contribution in [1.29, 1.82) is 0 Å². The number of aryl methyl sites for hydroxylation is 1. The molecule has 0 bridgehead atoms. The van der Waals surface area contributed by atoms with Crippen LogP contribution in [0.4, 0.5) is 5.13 Å². The molecule has 2 aromatic heterocycles. The number of H-pyrrole nitrogens is 1. The fourth-order valence-electron chi connectivity index (χ4n) is 1.20. The fourth-order valence-corrected chi connectivity index (χ4v) is 1.88. The van der Waals surface area contributed by atoms with Crippen molar-refractivity contribution < 1.29 is 4.79 Å². The standard InChI is InChI=1S/C10H13N5OS/c1-5(2)7-12-8(15-14-7)9(16)13-10-11-6(3)4-17-10/h4-5H,1-3H3,(H,11,13,16)(H,12,14,15). The van der Waals surface area contributed by atoms with Gasteiger partial charge in [-0.15, -0.1) is 16.4 Å². The number of anilines is 1. The highest BCUT2D eigenvalue weighted by molar-refractivity contribution is 7.13. The van der Waals surface area contributed by atoms with E-state index >= 15 is 0 Å². The molecule has 0 aromatic carbocycles. The second-order valence-corrected chi connectivity index (χ2v) is 4.81. The number of amides is 1. The van der Waals surface area contributed by atoms with Gasteiger partial charge in [0.25, 0.3) is 5.91 Å². The van der Waals surface area contributed by atoms with Crippen molar-refractivity contribution in [2.24, 2.45) is 0 Å². The number of nitrogens with zero attached hydrogens (tertiary/aromatic N) is 3.